The number of aromatic nitrogens is 1. The molecular formula is C22H26NO5P. The van der Waals surface area contributed by atoms with Crippen LogP contribution in [0.3, 0.4) is 0 Å². The smallest absolute Gasteiger partial charge is 0.420 e. The van der Waals surface area contributed by atoms with E-state index in [4.69, 9.17) is 13.9 Å². The zero-order valence-electron chi connectivity index (χ0n) is 17.3. The van der Waals surface area contributed by atoms with Crippen LogP contribution in [0.25, 0.3) is 22.2 Å². The molecule has 0 saturated carbocycles. The minimum atomic E-state index is -0.624. The number of oxazole rings is 1. The van der Waals surface area contributed by atoms with Gasteiger partial charge in [0.25, 0.3) is 0 Å². The second-order valence-electron chi connectivity index (χ2n) is 8.45. The molecule has 0 aliphatic rings. The van der Waals surface area contributed by atoms with Gasteiger partial charge in [-0.05, 0) is 70.0 Å². The second kappa shape index (κ2) is 7.68. The second-order valence-corrected chi connectivity index (χ2v) is 9.84. The Morgan fingerprint density at radius 3 is 2.24 bits per heavy atom. The van der Waals surface area contributed by atoms with Crippen LogP contribution in [-0.4, -0.2) is 21.5 Å². The Hall–Kier alpha value is -2.59. The van der Waals surface area contributed by atoms with Crippen molar-refractivity contribution < 1.29 is 18.7 Å². The van der Waals surface area contributed by atoms with E-state index in [0.29, 0.717) is 11.1 Å². The average molecular weight is 415 g/mol. The summed E-state index contributed by atoms with van der Waals surface area (Å²) >= 11 is 0. The third kappa shape index (κ3) is 5.48. The molecule has 29 heavy (non-hydrogen) atoms. The predicted octanol–water partition coefficient (Wildman–Crippen LogP) is 4.59. The lowest BCUT2D eigenvalue weighted by atomic mass is 10.1. The molecule has 1 atom stereocenters. The molecule has 0 amide bonds. The van der Waals surface area contributed by atoms with Gasteiger partial charge >= 0.3 is 11.7 Å². The van der Waals surface area contributed by atoms with Crippen molar-refractivity contribution in [1.82, 2.24) is 4.57 Å². The van der Waals surface area contributed by atoms with Gasteiger partial charge in [0.05, 0.1) is 5.52 Å². The molecule has 6 nitrogen and oxygen atoms in total. The number of hydrogen-bond acceptors (Lipinski definition) is 5. The molecule has 154 valence electrons. The Kier molecular flexibility index (Phi) is 5.59. The van der Waals surface area contributed by atoms with Gasteiger partial charge in [-0.25, -0.2) is 4.79 Å². The monoisotopic (exact) mass is 415 g/mol. The number of nitrogens with zero attached hydrogens (tertiary/aromatic N) is 1. The van der Waals surface area contributed by atoms with Gasteiger partial charge in [-0.15, -0.1) is 0 Å². The van der Waals surface area contributed by atoms with Gasteiger partial charge in [-0.2, -0.15) is 0 Å². The van der Waals surface area contributed by atoms with Crippen LogP contribution >= 0.6 is 9.24 Å². The summed E-state index contributed by atoms with van der Waals surface area (Å²) in [6.45, 7) is 9.06. The molecule has 0 bridgehead atoms. The van der Waals surface area contributed by atoms with Crippen molar-refractivity contribution in [2.24, 2.45) is 0 Å². The third-order valence-corrected chi connectivity index (χ3v) is 4.06. The molecule has 1 unspecified atom stereocenters. The summed E-state index contributed by atoms with van der Waals surface area (Å²) in [7, 11) is 2.64. The van der Waals surface area contributed by atoms with E-state index in [9.17, 15) is 9.59 Å². The molecule has 0 aliphatic carbocycles. The number of rotatable bonds is 5. The molecule has 7 heteroatoms. The van der Waals surface area contributed by atoms with Gasteiger partial charge in [0.2, 0.25) is 0 Å². The number of carbonyl (C=O) groups is 1. The first-order valence-electron chi connectivity index (χ1n) is 9.35. The standard InChI is InChI=1S/C22H26NO5P/c1-21(2,3)28-19(24)13-23-17-12-15(8-11-18(17)26-20(23)25)14-6-9-16(10-7-14)27-22(4,5)29/h6-12H,13,29H2,1-5H3. The predicted molar refractivity (Wildman–Crippen MR) is 116 cm³/mol. The normalized spacial score (nSPS) is 12.2. The molecular weight excluding hydrogens is 389 g/mol. The Morgan fingerprint density at radius 2 is 1.66 bits per heavy atom. The molecule has 0 N–H and O–H groups in total. The summed E-state index contributed by atoms with van der Waals surface area (Å²) in [6, 6.07) is 13.1. The number of esters is 1. The lowest BCUT2D eigenvalue weighted by molar-refractivity contribution is -0.155. The Balaban J connectivity index is 1.91. The van der Waals surface area contributed by atoms with E-state index < -0.39 is 17.3 Å². The fourth-order valence-electron chi connectivity index (χ4n) is 2.91. The summed E-state index contributed by atoms with van der Waals surface area (Å²) in [4.78, 5) is 24.4. The molecule has 1 aromatic heterocycles. The fourth-order valence-corrected chi connectivity index (χ4v) is 3.05. The molecule has 0 radical (unpaired) electrons. The van der Waals surface area contributed by atoms with E-state index in [1.165, 1.54) is 4.57 Å². The quantitative estimate of drug-likeness (QED) is 0.450. The zero-order valence-corrected chi connectivity index (χ0v) is 18.5. The van der Waals surface area contributed by atoms with Gasteiger partial charge in [0.15, 0.2) is 5.58 Å². The topological polar surface area (TPSA) is 70.7 Å². The number of benzene rings is 2. The van der Waals surface area contributed by atoms with Crippen LogP contribution in [0.15, 0.2) is 51.7 Å². The number of carbonyl (C=O) groups excluding carboxylic acids is 1. The van der Waals surface area contributed by atoms with Crippen molar-refractivity contribution in [1.29, 1.82) is 0 Å². The molecule has 3 aromatic rings. The van der Waals surface area contributed by atoms with Crippen molar-refractivity contribution in [3.63, 3.8) is 0 Å². The molecule has 3 rings (SSSR count). The number of hydrogen-bond donors (Lipinski definition) is 0. The van der Waals surface area contributed by atoms with Crippen molar-refractivity contribution >= 4 is 26.3 Å². The molecule has 0 saturated heterocycles. The van der Waals surface area contributed by atoms with Crippen LogP contribution in [0.1, 0.15) is 34.6 Å². The van der Waals surface area contributed by atoms with E-state index in [2.05, 4.69) is 9.24 Å². The largest absolute Gasteiger partial charge is 0.484 e. The van der Waals surface area contributed by atoms with E-state index in [1.54, 1.807) is 26.8 Å². The van der Waals surface area contributed by atoms with Crippen LogP contribution < -0.4 is 10.5 Å². The SMILES string of the molecule is CC(C)(C)OC(=O)Cn1c(=O)oc2ccc(-c3ccc(OC(C)(C)P)cc3)cc21. The minimum absolute atomic E-state index is 0.206. The van der Waals surface area contributed by atoms with Crippen molar-refractivity contribution in [2.75, 3.05) is 0 Å². The first-order chi connectivity index (χ1) is 13.4. The van der Waals surface area contributed by atoms with Crippen LogP contribution in [-0.2, 0) is 16.1 Å². The van der Waals surface area contributed by atoms with Gasteiger partial charge < -0.3 is 13.9 Å². The summed E-state index contributed by atoms with van der Waals surface area (Å²) < 4.78 is 17.7. The van der Waals surface area contributed by atoms with Crippen LogP contribution in [0.4, 0.5) is 0 Å². The summed E-state index contributed by atoms with van der Waals surface area (Å²) in [5.41, 5.74) is 2.20. The molecule has 0 spiro atoms. The zero-order chi connectivity index (χ0) is 21.4. The summed E-state index contributed by atoms with van der Waals surface area (Å²) in [5.74, 6) is -0.316. The average Bonchev–Trinajstić information content (AvgIpc) is 2.87. The molecule has 1 heterocycles. The van der Waals surface area contributed by atoms with E-state index >= 15 is 0 Å². The van der Waals surface area contributed by atoms with E-state index in [0.717, 1.165) is 16.9 Å². The lowest BCUT2D eigenvalue weighted by Gasteiger charge is -2.21. The van der Waals surface area contributed by atoms with Crippen molar-refractivity contribution in [2.45, 2.75) is 52.1 Å². The highest BCUT2D eigenvalue weighted by Gasteiger charge is 2.20. The van der Waals surface area contributed by atoms with Gasteiger partial charge in [-0.1, -0.05) is 27.4 Å². The maximum absolute atomic E-state index is 12.2. The highest BCUT2D eigenvalue weighted by atomic mass is 31.0. The highest BCUT2D eigenvalue weighted by molar-refractivity contribution is 7.18. The van der Waals surface area contributed by atoms with Crippen LogP contribution in [0.5, 0.6) is 5.75 Å². The van der Waals surface area contributed by atoms with Crippen LogP contribution in [0, 0.1) is 0 Å². The van der Waals surface area contributed by atoms with Gasteiger partial charge in [-0.3, -0.25) is 9.36 Å². The van der Waals surface area contributed by atoms with Crippen molar-refractivity contribution in [3.05, 3.63) is 53.0 Å². The third-order valence-electron chi connectivity index (χ3n) is 3.94. The number of ether oxygens (including phenoxy) is 2. The first-order valence-corrected chi connectivity index (χ1v) is 9.93. The fraction of sp³-hybridized carbons (Fsp3) is 0.364. The minimum Gasteiger partial charge on any atom is -0.484 e. The van der Waals surface area contributed by atoms with E-state index in [1.807, 2.05) is 50.2 Å². The number of fused-ring (bicyclic) bond motifs is 1. The van der Waals surface area contributed by atoms with Gasteiger partial charge in [0.1, 0.15) is 23.2 Å². The Labute approximate surface area is 172 Å². The Bertz CT molecular complexity index is 1080. The van der Waals surface area contributed by atoms with Crippen molar-refractivity contribution in [3.8, 4) is 16.9 Å². The lowest BCUT2D eigenvalue weighted by Crippen LogP contribution is -2.29. The highest BCUT2D eigenvalue weighted by Crippen LogP contribution is 2.28. The summed E-state index contributed by atoms with van der Waals surface area (Å²) in [6.07, 6.45) is 0. The first kappa shape index (κ1) is 21.1. The maximum Gasteiger partial charge on any atom is 0.420 e. The van der Waals surface area contributed by atoms with Gasteiger partial charge in [0, 0.05) is 0 Å². The summed E-state index contributed by atoms with van der Waals surface area (Å²) in [5, 5.41) is -0.352. The van der Waals surface area contributed by atoms with E-state index in [-0.39, 0.29) is 11.9 Å². The molecule has 0 aliphatic heterocycles. The molecule has 0 fully saturated rings. The Morgan fingerprint density at radius 1 is 1.03 bits per heavy atom. The maximum atomic E-state index is 12.2. The molecule has 2 aromatic carbocycles. The van der Waals surface area contributed by atoms with Crippen LogP contribution in [0.2, 0.25) is 0 Å².